The van der Waals surface area contributed by atoms with Crippen LogP contribution in [0.1, 0.15) is 56.6 Å². The SMILES string of the molecule is [2H]c1c([2H])c([2H])c(-c2ccc3c(c2)N(c2cc(-n4c5ccccc5c5ccccc54)ccc2C#N)c2cc(C(C)(C)C)cc4c2B3c2ccc(-n3c5c([2H])c([2H])c([2H])c([2H])c5c5c([2H])c([2H])c([2H])c([2H])c53)cc2N4c2cc(-c3ccccc3)cc(-c3ccccc3-c3c([2H])c([2H])c([2H])c([2H])c3[2H])c2)c([2H])c1[2H]. The van der Waals surface area contributed by atoms with E-state index in [0.29, 0.717) is 73.0 Å². The number of benzene rings is 13. The van der Waals surface area contributed by atoms with Crippen molar-refractivity contribution >= 4 is 101 Å². The maximum Gasteiger partial charge on any atom is 0.252 e. The minimum Gasteiger partial charge on any atom is -0.311 e. The van der Waals surface area contributed by atoms with E-state index in [2.05, 4.69) is 60.6 Å². The number of nitrogens with zero attached hydrogens (tertiary/aromatic N) is 5. The Morgan fingerprint density at radius 3 is 1.53 bits per heavy atom. The molecule has 17 rings (SSSR count). The van der Waals surface area contributed by atoms with E-state index in [0.717, 1.165) is 38.4 Å². The van der Waals surface area contributed by atoms with Gasteiger partial charge in [-0.05, 0) is 163 Å². The van der Waals surface area contributed by atoms with Crippen molar-refractivity contribution in [1.29, 1.82) is 5.26 Å². The van der Waals surface area contributed by atoms with Crippen LogP contribution in [0.3, 0.4) is 0 Å². The summed E-state index contributed by atoms with van der Waals surface area (Å²) in [5.41, 5.74) is 11.1. The summed E-state index contributed by atoms with van der Waals surface area (Å²) in [5.74, 6) is 0. The Bertz CT molecular complexity index is 6350. The Balaban J connectivity index is 1.04. The van der Waals surface area contributed by atoms with Gasteiger partial charge in [0, 0.05) is 61.4 Å². The van der Waals surface area contributed by atoms with E-state index in [1.54, 1.807) is 30.3 Å². The molecule has 418 valence electrons. The molecular weight excluding hydrogens is 1080 g/mol. The van der Waals surface area contributed by atoms with Gasteiger partial charge in [-0.15, -0.1) is 0 Å². The molecule has 2 aromatic heterocycles. The second kappa shape index (κ2) is 20.4. The van der Waals surface area contributed by atoms with Gasteiger partial charge in [0.25, 0.3) is 6.71 Å². The fourth-order valence-electron chi connectivity index (χ4n) is 13.5. The first-order valence-corrected chi connectivity index (χ1v) is 29.3. The van der Waals surface area contributed by atoms with Crippen molar-refractivity contribution in [3.63, 3.8) is 0 Å². The third kappa shape index (κ3) is 8.31. The molecule has 5 nitrogen and oxygen atoms in total. The molecule has 0 saturated carbocycles. The number of hydrogen-bond acceptors (Lipinski definition) is 3. The van der Waals surface area contributed by atoms with Gasteiger partial charge in [-0.3, -0.25) is 0 Å². The third-order valence-electron chi connectivity index (χ3n) is 17.5. The van der Waals surface area contributed by atoms with E-state index < -0.39 is 121 Å². The number of para-hydroxylation sites is 4. The number of nitriles is 1. The summed E-state index contributed by atoms with van der Waals surface area (Å²) in [6.45, 7) is 5.44. The number of rotatable bonds is 8. The van der Waals surface area contributed by atoms with Crippen LogP contribution < -0.4 is 26.2 Å². The standard InChI is InChI=1S/C83H58BN5/c1-83(2,3)61-49-80-82-81(50-61)89(77-51-62(41-39-58(77)53-85)86-73-35-19-15-31-67(73)68-32-16-20-36-74(68)86)78-48-57(54-23-7-4-8-24-54)40-43-71(78)84(82)72-44-42-63(87-75-37-21-17-33-69(75)70-34-18-22-38-76(70)87)52-79(72)88(80)64-46-59(55-25-9-5-10-26-55)45-60(47-64)66-30-14-13-29-65(66)56-27-11-6-12-28-56/h4-52H,1-3H3/i4D,6D,7D,8D,11D,12D,17D,18D,21D,22D,23D,24D,27D,28D,33D,34D,37D,38D. The second-order valence-corrected chi connectivity index (χ2v) is 23.4. The minimum absolute atomic E-state index is 0.0180. The van der Waals surface area contributed by atoms with Gasteiger partial charge >= 0.3 is 0 Å². The Labute approximate surface area is 543 Å². The van der Waals surface area contributed by atoms with Crippen LogP contribution in [0.5, 0.6) is 0 Å². The molecule has 15 aromatic rings. The van der Waals surface area contributed by atoms with E-state index in [9.17, 15) is 16.2 Å². The summed E-state index contributed by atoms with van der Waals surface area (Å²) in [6.07, 6.45) is 0. The zero-order valence-electron chi connectivity index (χ0n) is 66.2. The van der Waals surface area contributed by atoms with Gasteiger partial charge in [-0.1, -0.05) is 227 Å². The van der Waals surface area contributed by atoms with Gasteiger partial charge in [0.2, 0.25) is 0 Å². The molecule has 4 heterocycles. The Kier molecular flexibility index (Phi) is 8.37. The van der Waals surface area contributed by atoms with Crippen LogP contribution in [-0.2, 0) is 5.41 Å². The molecule has 89 heavy (non-hydrogen) atoms. The predicted octanol–water partition coefficient (Wildman–Crippen LogP) is 19.8. The highest BCUT2D eigenvalue weighted by Gasteiger charge is 2.45. The largest absolute Gasteiger partial charge is 0.311 e. The van der Waals surface area contributed by atoms with Crippen molar-refractivity contribution < 1.29 is 24.7 Å². The van der Waals surface area contributed by atoms with Gasteiger partial charge in [0.15, 0.2) is 0 Å². The molecule has 0 aliphatic carbocycles. The lowest BCUT2D eigenvalue weighted by Crippen LogP contribution is -2.61. The van der Waals surface area contributed by atoms with Crippen LogP contribution in [0, 0.1) is 11.3 Å². The van der Waals surface area contributed by atoms with Crippen LogP contribution in [0.25, 0.3) is 99.5 Å². The van der Waals surface area contributed by atoms with Crippen molar-refractivity contribution in [2.75, 3.05) is 9.80 Å². The van der Waals surface area contributed by atoms with Crippen molar-refractivity contribution in [1.82, 2.24) is 9.13 Å². The van der Waals surface area contributed by atoms with Crippen molar-refractivity contribution in [2.24, 2.45) is 0 Å². The predicted molar refractivity (Wildman–Crippen MR) is 374 cm³/mol. The van der Waals surface area contributed by atoms with E-state index >= 15 is 0 Å². The number of aromatic nitrogens is 2. The fraction of sp³-hybridized carbons (Fsp3) is 0.0482. The molecule has 13 aromatic carbocycles. The Hall–Kier alpha value is -11.4. The highest BCUT2D eigenvalue weighted by atomic mass is 15.2. The second-order valence-electron chi connectivity index (χ2n) is 23.4. The quantitative estimate of drug-likeness (QED) is 0.142. The third-order valence-corrected chi connectivity index (χ3v) is 17.5. The van der Waals surface area contributed by atoms with Crippen LogP contribution in [-0.4, -0.2) is 15.8 Å². The van der Waals surface area contributed by atoms with Gasteiger partial charge in [-0.2, -0.15) is 5.26 Å². The summed E-state index contributed by atoms with van der Waals surface area (Å²) < 4.78 is 168. The number of anilines is 6. The van der Waals surface area contributed by atoms with Gasteiger partial charge in [0.05, 0.1) is 58.0 Å². The zero-order valence-corrected chi connectivity index (χ0v) is 48.2. The first kappa shape index (κ1) is 36.6. The smallest absolute Gasteiger partial charge is 0.252 e. The Morgan fingerprint density at radius 2 is 0.876 bits per heavy atom. The minimum atomic E-state index is -0.796. The van der Waals surface area contributed by atoms with E-state index in [1.807, 2.05) is 138 Å². The normalized spacial score (nSPS) is 15.4. The number of hydrogen-bond donors (Lipinski definition) is 0. The molecule has 0 N–H and O–H groups in total. The lowest BCUT2D eigenvalue weighted by Gasteiger charge is -2.45. The van der Waals surface area contributed by atoms with Crippen LogP contribution in [0.15, 0.2) is 297 Å². The molecule has 0 fully saturated rings. The van der Waals surface area contributed by atoms with E-state index in [4.69, 9.17) is 13.7 Å². The highest BCUT2D eigenvalue weighted by molar-refractivity contribution is 7.00. The van der Waals surface area contributed by atoms with Gasteiger partial charge in [-0.25, -0.2) is 0 Å². The lowest BCUT2D eigenvalue weighted by atomic mass is 9.33. The van der Waals surface area contributed by atoms with Crippen LogP contribution in [0.2, 0.25) is 0 Å². The topological polar surface area (TPSA) is 40.1 Å². The van der Waals surface area contributed by atoms with Crippen LogP contribution in [0.4, 0.5) is 34.1 Å². The van der Waals surface area contributed by atoms with Crippen LogP contribution >= 0.6 is 0 Å². The summed E-state index contributed by atoms with van der Waals surface area (Å²) >= 11 is 0. The molecule has 2 aliphatic heterocycles. The molecule has 0 amide bonds. The molecule has 6 heteroatoms. The maximum absolute atomic E-state index is 11.7. The van der Waals surface area contributed by atoms with Gasteiger partial charge in [0.1, 0.15) is 6.07 Å². The van der Waals surface area contributed by atoms with E-state index in [-0.39, 0.29) is 49.7 Å². The van der Waals surface area contributed by atoms with Crippen molar-refractivity contribution in [2.45, 2.75) is 26.2 Å². The molecule has 0 unspecified atom stereocenters. The average Bonchev–Trinajstić information content (AvgIpc) is 1.69. The summed E-state index contributed by atoms with van der Waals surface area (Å²) in [7, 11) is 0. The monoisotopic (exact) mass is 1150 g/mol. The zero-order chi connectivity index (χ0) is 75.1. The first-order chi connectivity index (χ1) is 51.2. The summed E-state index contributed by atoms with van der Waals surface area (Å²) in [5, 5.41) is 13.5. The summed E-state index contributed by atoms with van der Waals surface area (Å²) in [6, 6.07) is 53.0. The molecule has 0 atom stereocenters. The van der Waals surface area contributed by atoms with E-state index in [1.165, 1.54) is 4.57 Å². The molecular formula is C83H58BN5. The summed E-state index contributed by atoms with van der Waals surface area (Å²) in [4.78, 5) is 4.13. The maximum atomic E-state index is 11.7. The lowest BCUT2D eigenvalue weighted by molar-refractivity contribution is 0.590. The van der Waals surface area contributed by atoms with Gasteiger partial charge < -0.3 is 18.9 Å². The molecule has 0 radical (unpaired) electrons. The first-order valence-electron chi connectivity index (χ1n) is 38.3. The Morgan fingerprint density at radius 1 is 0.360 bits per heavy atom. The molecule has 2 aliphatic rings. The van der Waals surface area contributed by atoms with Crippen molar-refractivity contribution in [3.05, 3.63) is 308 Å². The molecule has 0 bridgehead atoms. The average molecular weight is 1150 g/mol. The fourth-order valence-corrected chi connectivity index (χ4v) is 13.5. The molecule has 0 saturated heterocycles. The number of fused-ring (bicyclic) bond motifs is 10. The van der Waals surface area contributed by atoms with Crippen molar-refractivity contribution in [3.8, 4) is 62.0 Å². The molecule has 0 spiro atoms. The highest BCUT2D eigenvalue weighted by Crippen LogP contribution is 2.50.